The Kier molecular flexibility index (Phi) is 8.98. The van der Waals surface area contributed by atoms with Gasteiger partial charge in [-0.2, -0.15) is 0 Å². The molecule has 0 radical (unpaired) electrons. The largest absolute Gasteiger partial charge is 0.310 e. The molecular weight excluding hydrogens is 723 g/mol. The first-order valence-corrected chi connectivity index (χ1v) is 20.8. The molecule has 0 unspecified atom stereocenters. The maximum atomic E-state index is 2.40. The molecule has 0 aliphatic heterocycles. The lowest BCUT2D eigenvalue weighted by atomic mass is 9.86. The molecule has 11 aromatic rings. The van der Waals surface area contributed by atoms with Crippen molar-refractivity contribution in [3.8, 4) is 33.4 Å². The Hall–Kier alpha value is -7.74. The van der Waals surface area contributed by atoms with Crippen LogP contribution in [0.3, 0.4) is 0 Å². The van der Waals surface area contributed by atoms with E-state index in [0.717, 1.165) is 23.5 Å². The van der Waals surface area contributed by atoms with Gasteiger partial charge in [-0.3, -0.25) is 0 Å². The normalized spacial score (nSPS) is 11.4. The van der Waals surface area contributed by atoms with Crippen LogP contribution in [-0.2, 0) is 6.42 Å². The summed E-state index contributed by atoms with van der Waals surface area (Å²) in [4.78, 5) is 2.38. The van der Waals surface area contributed by atoms with Gasteiger partial charge in [-0.15, -0.1) is 0 Å². The lowest BCUT2D eigenvalue weighted by molar-refractivity contribution is 1.22. The molecule has 0 fully saturated rings. The zero-order chi connectivity index (χ0) is 39.8. The summed E-state index contributed by atoms with van der Waals surface area (Å²) in [7, 11) is 0. The van der Waals surface area contributed by atoms with Crippen LogP contribution in [0.4, 0.5) is 17.1 Å². The molecule has 0 atom stereocenters. The second-order valence-electron chi connectivity index (χ2n) is 15.7. The van der Waals surface area contributed by atoms with E-state index in [2.05, 4.69) is 241 Å². The molecule has 0 aliphatic carbocycles. The minimum absolute atomic E-state index is 0.862. The van der Waals surface area contributed by atoms with Crippen molar-refractivity contribution in [1.29, 1.82) is 0 Å². The molecule has 0 saturated heterocycles. The van der Waals surface area contributed by atoms with Crippen LogP contribution in [0.5, 0.6) is 0 Å². The van der Waals surface area contributed by atoms with Gasteiger partial charge in [0, 0.05) is 17.1 Å². The van der Waals surface area contributed by atoms with Crippen LogP contribution < -0.4 is 4.90 Å². The van der Waals surface area contributed by atoms with Gasteiger partial charge in [0.05, 0.1) is 0 Å². The fourth-order valence-corrected chi connectivity index (χ4v) is 9.32. The number of fused-ring (bicyclic) bond motifs is 5. The Morgan fingerprint density at radius 2 is 0.733 bits per heavy atom. The number of rotatable bonds is 8. The summed E-state index contributed by atoms with van der Waals surface area (Å²) in [5.41, 5.74) is 13.5. The van der Waals surface area contributed by atoms with Crippen molar-refractivity contribution < 1.29 is 0 Å². The van der Waals surface area contributed by atoms with E-state index in [1.165, 1.54) is 87.6 Å². The third-order valence-corrected chi connectivity index (χ3v) is 12.0. The fourth-order valence-electron chi connectivity index (χ4n) is 9.32. The van der Waals surface area contributed by atoms with Crippen molar-refractivity contribution in [2.24, 2.45) is 0 Å². The number of hydrogen-bond acceptors (Lipinski definition) is 1. The molecule has 0 N–H and O–H groups in total. The summed E-state index contributed by atoms with van der Waals surface area (Å²) < 4.78 is 0. The highest BCUT2D eigenvalue weighted by molar-refractivity contribution is 6.21. The second kappa shape index (κ2) is 15.2. The first-order valence-electron chi connectivity index (χ1n) is 20.8. The molecule has 11 aromatic carbocycles. The Balaban J connectivity index is 1.01. The summed E-state index contributed by atoms with van der Waals surface area (Å²) in [6, 6.07) is 86.4. The van der Waals surface area contributed by atoms with Crippen LogP contribution in [0.15, 0.2) is 237 Å². The highest BCUT2D eigenvalue weighted by Gasteiger charge is 2.19. The van der Waals surface area contributed by atoms with Gasteiger partial charge in [0.15, 0.2) is 0 Å². The van der Waals surface area contributed by atoms with E-state index in [-0.39, 0.29) is 0 Å². The number of para-hydroxylation sites is 1. The van der Waals surface area contributed by atoms with Gasteiger partial charge in [0.25, 0.3) is 0 Å². The van der Waals surface area contributed by atoms with Crippen molar-refractivity contribution in [2.45, 2.75) is 6.42 Å². The van der Waals surface area contributed by atoms with E-state index in [4.69, 9.17) is 0 Å². The van der Waals surface area contributed by atoms with Crippen LogP contribution in [-0.4, -0.2) is 0 Å². The van der Waals surface area contributed by atoms with E-state index in [1.807, 2.05) is 0 Å². The van der Waals surface area contributed by atoms with Gasteiger partial charge < -0.3 is 4.90 Å². The fraction of sp³-hybridized carbons (Fsp3) is 0.0169. The summed E-state index contributed by atoms with van der Waals surface area (Å²) >= 11 is 0. The zero-order valence-electron chi connectivity index (χ0n) is 33.2. The number of benzene rings is 11. The quantitative estimate of drug-likeness (QED) is 0.110. The van der Waals surface area contributed by atoms with E-state index in [0.29, 0.717) is 0 Å². The minimum Gasteiger partial charge on any atom is -0.310 e. The molecule has 0 spiro atoms. The van der Waals surface area contributed by atoms with Crippen LogP contribution in [0.25, 0.3) is 76.5 Å². The van der Waals surface area contributed by atoms with Gasteiger partial charge in [-0.05, 0) is 130 Å². The Bertz CT molecular complexity index is 3260. The van der Waals surface area contributed by atoms with Crippen molar-refractivity contribution in [3.63, 3.8) is 0 Å². The molecule has 60 heavy (non-hydrogen) atoms. The highest BCUT2D eigenvalue weighted by atomic mass is 15.1. The standard InChI is InChI=1S/C59H41N/c1-4-18-42(19-5-1)45-22-16-17-41(37-45)38-47-39-46-33-36-50(40-57(46)52-26-11-10-25-51(47)52)60(48-23-8-3-9-24-48)49-34-31-44(32-35-49)59-55-29-14-12-27-53(55)58(43-20-6-2-7-21-43)54-28-13-15-30-56(54)59/h1-37,39-40H,38H2. The molecule has 1 nitrogen and oxygen atoms in total. The molecule has 11 rings (SSSR count). The number of hydrogen-bond donors (Lipinski definition) is 0. The highest BCUT2D eigenvalue weighted by Crippen LogP contribution is 2.45. The average Bonchev–Trinajstić information content (AvgIpc) is 3.32. The predicted molar refractivity (Wildman–Crippen MR) is 257 cm³/mol. The average molecular weight is 764 g/mol. The van der Waals surface area contributed by atoms with E-state index < -0.39 is 0 Å². The predicted octanol–water partition coefficient (Wildman–Crippen LogP) is 16.4. The monoisotopic (exact) mass is 763 g/mol. The van der Waals surface area contributed by atoms with Crippen molar-refractivity contribution in [3.05, 3.63) is 248 Å². The smallest absolute Gasteiger partial charge is 0.0468 e. The molecule has 0 bridgehead atoms. The Morgan fingerprint density at radius 1 is 0.267 bits per heavy atom. The molecule has 282 valence electrons. The zero-order valence-corrected chi connectivity index (χ0v) is 33.2. The van der Waals surface area contributed by atoms with Crippen LogP contribution in [0, 0.1) is 0 Å². The summed E-state index contributed by atoms with van der Waals surface area (Å²) in [6.07, 6.45) is 0.862. The van der Waals surface area contributed by atoms with Gasteiger partial charge >= 0.3 is 0 Å². The molecule has 1 heteroatoms. The van der Waals surface area contributed by atoms with Gasteiger partial charge in [0.1, 0.15) is 0 Å². The summed E-state index contributed by atoms with van der Waals surface area (Å²) in [6.45, 7) is 0. The van der Waals surface area contributed by atoms with Crippen LogP contribution in [0.2, 0.25) is 0 Å². The Morgan fingerprint density at radius 3 is 1.35 bits per heavy atom. The van der Waals surface area contributed by atoms with Crippen molar-refractivity contribution in [2.75, 3.05) is 4.90 Å². The molecule has 0 aliphatic rings. The second-order valence-corrected chi connectivity index (χ2v) is 15.7. The summed E-state index contributed by atoms with van der Waals surface area (Å²) in [5.74, 6) is 0. The minimum atomic E-state index is 0.862. The molecule has 0 heterocycles. The topological polar surface area (TPSA) is 3.24 Å². The van der Waals surface area contributed by atoms with Gasteiger partial charge in [-0.25, -0.2) is 0 Å². The van der Waals surface area contributed by atoms with Crippen molar-refractivity contribution in [1.82, 2.24) is 0 Å². The third-order valence-electron chi connectivity index (χ3n) is 12.0. The first-order chi connectivity index (χ1) is 29.8. The first kappa shape index (κ1) is 35.4. The Labute approximate surface area is 351 Å². The molecule has 0 saturated carbocycles. The van der Waals surface area contributed by atoms with Crippen LogP contribution in [0.1, 0.15) is 11.1 Å². The number of anilines is 3. The van der Waals surface area contributed by atoms with E-state index >= 15 is 0 Å². The lowest BCUT2D eigenvalue weighted by Gasteiger charge is -2.26. The summed E-state index contributed by atoms with van der Waals surface area (Å²) in [5, 5.41) is 10.1. The molecule has 0 aromatic heterocycles. The molecule has 0 amide bonds. The van der Waals surface area contributed by atoms with Gasteiger partial charge in [0.2, 0.25) is 0 Å². The number of nitrogens with zero attached hydrogens (tertiary/aromatic N) is 1. The van der Waals surface area contributed by atoms with Crippen LogP contribution >= 0.6 is 0 Å². The maximum Gasteiger partial charge on any atom is 0.0468 e. The SMILES string of the molecule is c1ccc(-c2cccc(Cc3cc4ccc(N(c5ccccc5)c5ccc(-c6c7ccccc7c(-c7ccccc7)c7ccccc67)cc5)cc4c4ccccc34)c2)cc1. The molecular formula is C59H41N. The van der Waals surface area contributed by atoms with E-state index in [9.17, 15) is 0 Å². The maximum absolute atomic E-state index is 2.40. The van der Waals surface area contributed by atoms with Gasteiger partial charge in [-0.1, -0.05) is 200 Å². The lowest BCUT2D eigenvalue weighted by Crippen LogP contribution is -2.09. The third kappa shape index (κ3) is 6.38. The van der Waals surface area contributed by atoms with E-state index in [1.54, 1.807) is 0 Å². The van der Waals surface area contributed by atoms with Crippen molar-refractivity contribution >= 4 is 60.2 Å².